The fourth-order valence-corrected chi connectivity index (χ4v) is 2.55. The van der Waals surface area contributed by atoms with Crippen LogP contribution in [0.3, 0.4) is 0 Å². The van der Waals surface area contributed by atoms with E-state index in [0.29, 0.717) is 12.6 Å². The molecule has 19 heavy (non-hydrogen) atoms. The third-order valence-corrected chi connectivity index (χ3v) is 3.81. The van der Waals surface area contributed by atoms with Gasteiger partial charge in [-0.2, -0.15) is 0 Å². The monoisotopic (exact) mass is 260 g/mol. The molecule has 0 radical (unpaired) electrons. The van der Waals surface area contributed by atoms with E-state index in [1.54, 1.807) is 0 Å². The van der Waals surface area contributed by atoms with Gasteiger partial charge in [0.05, 0.1) is 0 Å². The van der Waals surface area contributed by atoms with Gasteiger partial charge in [-0.25, -0.2) is 0 Å². The first kappa shape index (κ1) is 12.5. The number of nitrogen functional groups attached to an aromatic ring is 1. The second-order valence-electron chi connectivity index (χ2n) is 5.44. The lowest BCUT2D eigenvalue weighted by atomic mass is 10.1. The molecule has 1 aromatic carbocycles. The molecule has 1 saturated carbocycles. The molecule has 1 atom stereocenters. The van der Waals surface area contributed by atoms with E-state index in [1.807, 2.05) is 29.2 Å². The second kappa shape index (κ2) is 5.21. The van der Waals surface area contributed by atoms with Crippen LogP contribution in [-0.4, -0.2) is 29.6 Å². The smallest absolute Gasteiger partial charge is 0.252 e. The predicted molar refractivity (Wildman–Crippen MR) is 73.4 cm³/mol. The highest BCUT2D eigenvalue weighted by molar-refractivity contribution is 5.81. The molecule has 3 rings (SSSR count). The maximum atomic E-state index is 12.5. The first-order chi connectivity index (χ1) is 9.24. The van der Waals surface area contributed by atoms with E-state index in [0.717, 1.165) is 43.5 Å². The predicted octanol–water partition coefficient (Wildman–Crippen LogP) is 1.94. The Morgan fingerprint density at radius 1 is 1.26 bits per heavy atom. The summed E-state index contributed by atoms with van der Waals surface area (Å²) in [6.45, 7) is 1.39. The molecular weight excluding hydrogens is 240 g/mol. The standard InChI is InChI=1S/C15H20N2O2/c16-12-5-3-11(4-6-12)10-17(13-7-8-13)15(18)14-2-1-9-19-14/h3-6,13-14H,1-2,7-10,16H2. The summed E-state index contributed by atoms with van der Waals surface area (Å²) in [5.74, 6) is 0.164. The molecule has 1 aromatic rings. The average Bonchev–Trinajstić information content (AvgIpc) is 3.11. The third kappa shape index (κ3) is 2.89. The summed E-state index contributed by atoms with van der Waals surface area (Å²) in [5, 5.41) is 0. The minimum Gasteiger partial charge on any atom is -0.399 e. The number of carbonyl (C=O) groups is 1. The maximum absolute atomic E-state index is 12.5. The fraction of sp³-hybridized carbons (Fsp3) is 0.533. The highest BCUT2D eigenvalue weighted by atomic mass is 16.5. The molecule has 2 aliphatic rings. The Morgan fingerprint density at radius 2 is 2.00 bits per heavy atom. The van der Waals surface area contributed by atoms with Gasteiger partial charge in [0.1, 0.15) is 6.10 Å². The van der Waals surface area contributed by atoms with Crippen molar-refractivity contribution in [3.05, 3.63) is 29.8 Å². The lowest BCUT2D eigenvalue weighted by Crippen LogP contribution is -2.39. The van der Waals surface area contributed by atoms with Crippen molar-refractivity contribution in [2.75, 3.05) is 12.3 Å². The van der Waals surface area contributed by atoms with Crippen molar-refractivity contribution < 1.29 is 9.53 Å². The summed E-state index contributed by atoms with van der Waals surface area (Å²) in [6, 6.07) is 8.17. The van der Waals surface area contributed by atoms with E-state index >= 15 is 0 Å². The molecule has 0 bridgehead atoms. The van der Waals surface area contributed by atoms with Crippen molar-refractivity contribution in [2.24, 2.45) is 0 Å². The molecule has 102 valence electrons. The Morgan fingerprint density at radius 3 is 2.58 bits per heavy atom. The Labute approximate surface area is 113 Å². The van der Waals surface area contributed by atoms with Crippen LogP contribution in [0.2, 0.25) is 0 Å². The van der Waals surface area contributed by atoms with Crippen molar-refractivity contribution in [3.8, 4) is 0 Å². The second-order valence-corrected chi connectivity index (χ2v) is 5.44. The largest absolute Gasteiger partial charge is 0.399 e. The van der Waals surface area contributed by atoms with Crippen molar-refractivity contribution in [2.45, 2.75) is 44.4 Å². The molecule has 1 saturated heterocycles. The normalized spacial score (nSPS) is 22.4. The molecule has 2 N–H and O–H groups in total. The summed E-state index contributed by atoms with van der Waals surface area (Å²) >= 11 is 0. The van der Waals surface area contributed by atoms with Crippen LogP contribution in [0.4, 0.5) is 5.69 Å². The molecule has 1 aliphatic heterocycles. The van der Waals surface area contributed by atoms with Crippen LogP contribution in [0.1, 0.15) is 31.2 Å². The lowest BCUT2D eigenvalue weighted by molar-refractivity contribution is -0.142. The minimum atomic E-state index is -0.214. The molecule has 0 spiro atoms. The van der Waals surface area contributed by atoms with Gasteiger partial charge in [0, 0.05) is 24.9 Å². The Kier molecular flexibility index (Phi) is 3.42. The van der Waals surface area contributed by atoms with Crippen molar-refractivity contribution in [1.29, 1.82) is 0 Å². The quantitative estimate of drug-likeness (QED) is 0.842. The van der Waals surface area contributed by atoms with Gasteiger partial charge >= 0.3 is 0 Å². The van der Waals surface area contributed by atoms with Crippen LogP contribution in [0.15, 0.2) is 24.3 Å². The molecule has 4 nitrogen and oxygen atoms in total. The van der Waals surface area contributed by atoms with E-state index in [-0.39, 0.29) is 12.0 Å². The van der Waals surface area contributed by atoms with Gasteiger partial charge in [-0.05, 0) is 43.4 Å². The van der Waals surface area contributed by atoms with E-state index in [4.69, 9.17) is 10.5 Å². The van der Waals surface area contributed by atoms with Gasteiger partial charge in [-0.15, -0.1) is 0 Å². The van der Waals surface area contributed by atoms with Crippen LogP contribution in [0.5, 0.6) is 0 Å². The molecule has 2 fully saturated rings. The number of amides is 1. The summed E-state index contributed by atoms with van der Waals surface area (Å²) in [7, 11) is 0. The Balaban J connectivity index is 1.70. The molecule has 1 unspecified atom stereocenters. The molecule has 1 heterocycles. The number of rotatable bonds is 4. The first-order valence-corrected chi connectivity index (χ1v) is 7.00. The SMILES string of the molecule is Nc1ccc(CN(C(=O)C2CCCO2)C2CC2)cc1. The number of carbonyl (C=O) groups excluding carboxylic acids is 1. The van der Waals surface area contributed by atoms with Gasteiger partial charge in [0.2, 0.25) is 0 Å². The number of hydrogen-bond donors (Lipinski definition) is 1. The molecule has 4 heteroatoms. The molecule has 0 aromatic heterocycles. The molecule has 1 amide bonds. The van der Waals surface area contributed by atoms with Crippen molar-refractivity contribution >= 4 is 11.6 Å². The maximum Gasteiger partial charge on any atom is 0.252 e. The highest BCUT2D eigenvalue weighted by Crippen LogP contribution is 2.30. The number of hydrogen-bond acceptors (Lipinski definition) is 3. The lowest BCUT2D eigenvalue weighted by Gasteiger charge is -2.25. The van der Waals surface area contributed by atoms with Gasteiger partial charge in [-0.3, -0.25) is 4.79 Å². The summed E-state index contributed by atoms with van der Waals surface area (Å²) in [5.41, 5.74) is 7.58. The van der Waals surface area contributed by atoms with Gasteiger partial charge in [-0.1, -0.05) is 12.1 Å². The highest BCUT2D eigenvalue weighted by Gasteiger charge is 2.37. The van der Waals surface area contributed by atoms with Crippen molar-refractivity contribution in [3.63, 3.8) is 0 Å². The summed E-state index contributed by atoms with van der Waals surface area (Å²) in [6.07, 6.45) is 3.89. The zero-order chi connectivity index (χ0) is 13.2. The number of ether oxygens (including phenoxy) is 1. The Bertz CT molecular complexity index is 448. The van der Waals surface area contributed by atoms with Crippen LogP contribution in [0.25, 0.3) is 0 Å². The topological polar surface area (TPSA) is 55.6 Å². The number of nitrogens with zero attached hydrogens (tertiary/aromatic N) is 1. The zero-order valence-corrected chi connectivity index (χ0v) is 11.0. The summed E-state index contributed by atoms with van der Waals surface area (Å²) in [4.78, 5) is 14.5. The molecular formula is C15H20N2O2. The van der Waals surface area contributed by atoms with Crippen molar-refractivity contribution in [1.82, 2.24) is 4.90 Å². The molecule has 1 aliphatic carbocycles. The van der Waals surface area contributed by atoms with Crippen LogP contribution < -0.4 is 5.73 Å². The minimum absolute atomic E-state index is 0.164. The number of nitrogens with two attached hydrogens (primary N) is 1. The van der Waals surface area contributed by atoms with E-state index in [9.17, 15) is 4.79 Å². The van der Waals surface area contributed by atoms with E-state index in [1.165, 1.54) is 0 Å². The van der Waals surface area contributed by atoms with Gasteiger partial charge < -0.3 is 15.4 Å². The van der Waals surface area contributed by atoms with E-state index < -0.39 is 0 Å². The van der Waals surface area contributed by atoms with Crippen LogP contribution >= 0.6 is 0 Å². The van der Waals surface area contributed by atoms with E-state index in [2.05, 4.69) is 0 Å². The first-order valence-electron chi connectivity index (χ1n) is 7.00. The third-order valence-electron chi connectivity index (χ3n) is 3.81. The van der Waals surface area contributed by atoms with Gasteiger partial charge in [0.25, 0.3) is 5.91 Å². The van der Waals surface area contributed by atoms with Crippen LogP contribution in [0, 0.1) is 0 Å². The average molecular weight is 260 g/mol. The fourth-order valence-electron chi connectivity index (χ4n) is 2.55. The van der Waals surface area contributed by atoms with Crippen LogP contribution in [-0.2, 0) is 16.1 Å². The zero-order valence-electron chi connectivity index (χ0n) is 11.0. The Hall–Kier alpha value is -1.55. The number of anilines is 1. The number of benzene rings is 1. The summed E-state index contributed by atoms with van der Waals surface area (Å²) < 4.78 is 5.52. The van der Waals surface area contributed by atoms with Gasteiger partial charge in [0.15, 0.2) is 0 Å².